The Labute approximate surface area is 188 Å². The Balaban J connectivity index is 0.00000729. The number of carbonyl (C=O) groups excluding carboxylic acids is 1. The number of aliphatic imine (C=N–C) groups is 1. The molecular weight excluding hydrogens is 463 g/mol. The van der Waals surface area contributed by atoms with E-state index in [9.17, 15) is 4.79 Å². The third-order valence-corrected chi connectivity index (χ3v) is 4.51. The van der Waals surface area contributed by atoms with Gasteiger partial charge in [-0.25, -0.2) is 0 Å². The van der Waals surface area contributed by atoms with E-state index in [1.165, 1.54) is 32.1 Å². The summed E-state index contributed by atoms with van der Waals surface area (Å²) in [5.74, 6) is 1.70. The zero-order chi connectivity index (χ0) is 20.1. The Morgan fingerprint density at radius 2 is 1.75 bits per heavy atom. The molecule has 6 heteroatoms. The number of rotatable bonds is 11. The fraction of sp³-hybridized carbons (Fsp3) is 0.636. The van der Waals surface area contributed by atoms with Gasteiger partial charge in [0.1, 0.15) is 0 Å². The number of guanidine groups is 1. The molecule has 5 nitrogen and oxygen atoms in total. The quantitative estimate of drug-likeness (QED) is 0.205. The van der Waals surface area contributed by atoms with Gasteiger partial charge in [0.25, 0.3) is 5.91 Å². The molecule has 1 aromatic carbocycles. The fourth-order valence-electron chi connectivity index (χ4n) is 2.90. The van der Waals surface area contributed by atoms with Crippen molar-refractivity contribution in [2.24, 2.45) is 10.9 Å². The second-order valence-electron chi connectivity index (χ2n) is 7.67. The van der Waals surface area contributed by atoms with E-state index in [1.807, 2.05) is 18.2 Å². The molecule has 0 atom stereocenters. The van der Waals surface area contributed by atoms with Crippen LogP contribution in [0.15, 0.2) is 29.3 Å². The molecule has 1 amide bonds. The van der Waals surface area contributed by atoms with E-state index in [-0.39, 0.29) is 29.9 Å². The molecule has 0 radical (unpaired) electrons. The van der Waals surface area contributed by atoms with Gasteiger partial charge in [-0.3, -0.25) is 9.79 Å². The zero-order valence-electron chi connectivity index (χ0n) is 18.3. The Morgan fingerprint density at radius 3 is 2.39 bits per heavy atom. The van der Waals surface area contributed by atoms with Gasteiger partial charge >= 0.3 is 0 Å². The monoisotopic (exact) mass is 502 g/mol. The lowest BCUT2D eigenvalue weighted by Gasteiger charge is -2.13. The zero-order valence-corrected chi connectivity index (χ0v) is 20.6. The van der Waals surface area contributed by atoms with E-state index in [2.05, 4.69) is 35.5 Å². The lowest BCUT2D eigenvalue weighted by Crippen LogP contribution is -2.38. The first-order chi connectivity index (χ1) is 12.9. The molecule has 0 spiro atoms. The number of halogens is 1. The minimum atomic E-state index is 0. The minimum absolute atomic E-state index is 0. The van der Waals surface area contributed by atoms with Gasteiger partial charge in [0.05, 0.1) is 0 Å². The summed E-state index contributed by atoms with van der Waals surface area (Å²) in [6, 6.07) is 7.83. The Morgan fingerprint density at radius 1 is 1.07 bits per heavy atom. The fourth-order valence-corrected chi connectivity index (χ4v) is 2.90. The number of hydrogen-bond acceptors (Lipinski definition) is 2. The lowest BCUT2D eigenvalue weighted by atomic mass is 10.0. The summed E-state index contributed by atoms with van der Waals surface area (Å²) in [5.41, 5.74) is 1.88. The topological polar surface area (TPSA) is 56.7 Å². The van der Waals surface area contributed by atoms with Crippen LogP contribution in [0, 0.1) is 5.92 Å². The molecule has 0 heterocycles. The largest absolute Gasteiger partial charge is 0.356 e. The number of unbranched alkanes of at least 4 members (excludes halogenated alkanes) is 3. The normalized spacial score (nSPS) is 11.1. The van der Waals surface area contributed by atoms with Gasteiger partial charge in [-0.1, -0.05) is 51.7 Å². The third-order valence-electron chi connectivity index (χ3n) is 4.51. The van der Waals surface area contributed by atoms with E-state index in [1.54, 1.807) is 26.0 Å². The van der Waals surface area contributed by atoms with Crippen molar-refractivity contribution < 1.29 is 4.79 Å². The van der Waals surface area contributed by atoms with Crippen LogP contribution in [0.1, 0.15) is 61.9 Å². The molecule has 1 rings (SSSR count). The average Bonchev–Trinajstić information content (AvgIpc) is 2.65. The Bertz CT molecular complexity index is 588. The highest BCUT2D eigenvalue weighted by Gasteiger charge is 2.08. The second-order valence-corrected chi connectivity index (χ2v) is 7.67. The molecule has 0 unspecified atom stereocenters. The van der Waals surface area contributed by atoms with Crippen LogP contribution in [-0.2, 0) is 6.42 Å². The van der Waals surface area contributed by atoms with E-state index < -0.39 is 0 Å². The molecule has 0 fully saturated rings. The maximum absolute atomic E-state index is 12.1. The van der Waals surface area contributed by atoms with Gasteiger partial charge in [0.15, 0.2) is 5.96 Å². The minimum Gasteiger partial charge on any atom is -0.356 e. The van der Waals surface area contributed by atoms with Gasteiger partial charge < -0.3 is 15.5 Å². The standard InChI is InChI=1S/C22H38N4O.HI/c1-18(2)11-8-6-7-9-15-24-22(23-3)25-16-14-19-12-10-13-20(17-19)21(27)26(4)5;/h10,12-13,17-18H,6-9,11,14-16H2,1-5H3,(H2,23,24,25);1H. The van der Waals surface area contributed by atoms with E-state index in [0.29, 0.717) is 0 Å². The summed E-state index contributed by atoms with van der Waals surface area (Å²) in [7, 11) is 5.35. The molecule has 0 saturated heterocycles. The van der Waals surface area contributed by atoms with Crippen molar-refractivity contribution in [3.05, 3.63) is 35.4 Å². The van der Waals surface area contributed by atoms with Gasteiger partial charge in [-0.15, -0.1) is 24.0 Å². The first-order valence-corrected chi connectivity index (χ1v) is 10.2. The van der Waals surface area contributed by atoms with Crippen molar-refractivity contribution in [2.45, 2.75) is 52.4 Å². The molecule has 0 aliphatic rings. The van der Waals surface area contributed by atoms with Crippen molar-refractivity contribution in [1.82, 2.24) is 15.5 Å². The SMILES string of the molecule is CN=C(NCCCCCCC(C)C)NCCc1cccc(C(=O)N(C)C)c1.I. The molecule has 160 valence electrons. The van der Waals surface area contributed by atoms with Crippen molar-refractivity contribution in [2.75, 3.05) is 34.2 Å². The van der Waals surface area contributed by atoms with Gasteiger partial charge in [0.2, 0.25) is 0 Å². The molecule has 0 bridgehead atoms. The van der Waals surface area contributed by atoms with E-state index >= 15 is 0 Å². The van der Waals surface area contributed by atoms with Crippen molar-refractivity contribution in [3.63, 3.8) is 0 Å². The summed E-state index contributed by atoms with van der Waals surface area (Å²) in [6.07, 6.45) is 7.27. The molecule has 2 N–H and O–H groups in total. The van der Waals surface area contributed by atoms with Crippen molar-refractivity contribution in [3.8, 4) is 0 Å². The average molecular weight is 502 g/mol. The number of nitrogens with zero attached hydrogens (tertiary/aromatic N) is 2. The molecular formula is C22H39IN4O. The van der Waals surface area contributed by atoms with Crippen LogP contribution in [-0.4, -0.2) is 51.0 Å². The maximum Gasteiger partial charge on any atom is 0.253 e. The van der Waals surface area contributed by atoms with Crippen molar-refractivity contribution in [1.29, 1.82) is 0 Å². The lowest BCUT2D eigenvalue weighted by molar-refractivity contribution is 0.0827. The number of hydrogen-bond donors (Lipinski definition) is 2. The summed E-state index contributed by atoms with van der Waals surface area (Å²) >= 11 is 0. The molecule has 0 aliphatic heterocycles. The molecule has 0 aliphatic carbocycles. The van der Waals surface area contributed by atoms with Gasteiger partial charge in [0, 0.05) is 39.8 Å². The second kappa shape index (κ2) is 15.6. The summed E-state index contributed by atoms with van der Waals surface area (Å²) < 4.78 is 0. The molecule has 28 heavy (non-hydrogen) atoms. The van der Waals surface area contributed by atoms with E-state index in [4.69, 9.17) is 0 Å². The number of nitrogens with one attached hydrogen (secondary N) is 2. The van der Waals surface area contributed by atoms with Crippen LogP contribution in [0.3, 0.4) is 0 Å². The van der Waals surface area contributed by atoms with Gasteiger partial charge in [-0.05, 0) is 36.5 Å². The van der Waals surface area contributed by atoms with Crippen LogP contribution in [0.2, 0.25) is 0 Å². The van der Waals surface area contributed by atoms with E-state index in [0.717, 1.165) is 42.5 Å². The molecule has 0 aromatic heterocycles. The summed E-state index contributed by atoms with van der Waals surface area (Å²) in [5, 5.41) is 6.73. The first-order valence-electron chi connectivity index (χ1n) is 10.2. The highest BCUT2D eigenvalue weighted by atomic mass is 127. The van der Waals surface area contributed by atoms with Crippen molar-refractivity contribution >= 4 is 35.8 Å². The summed E-state index contributed by atoms with van der Waals surface area (Å²) in [6.45, 7) is 6.31. The maximum atomic E-state index is 12.1. The number of benzene rings is 1. The predicted molar refractivity (Wildman–Crippen MR) is 131 cm³/mol. The number of carbonyl (C=O) groups is 1. The summed E-state index contributed by atoms with van der Waals surface area (Å²) in [4.78, 5) is 17.9. The van der Waals surface area contributed by atoms with Crippen LogP contribution in [0.4, 0.5) is 0 Å². The van der Waals surface area contributed by atoms with Crippen LogP contribution < -0.4 is 10.6 Å². The van der Waals surface area contributed by atoms with Crippen LogP contribution >= 0.6 is 24.0 Å². The smallest absolute Gasteiger partial charge is 0.253 e. The first kappa shape index (κ1) is 26.7. The van der Waals surface area contributed by atoms with Crippen LogP contribution in [0.5, 0.6) is 0 Å². The highest BCUT2D eigenvalue weighted by Crippen LogP contribution is 2.09. The molecule has 0 saturated carbocycles. The highest BCUT2D eigenvalue weighted by molar-refractivity contribution is 14.0. The predicted octanol–water partition coefficient (Wildman–Crippen LogP) is 4.32. The van der Waals surface area contributed by atoms with Crippen LogP contribution in [0.25, 0.3) is 0 Å². The third kappa shape index (κ3) is 11.5. The molecule has 1 aromatic rings. The Kier molecular flexibility index (Phi) is 14.9. The number of amides is 1. The van der Waals surface area contributed by atoms with Gasteiger partial charge in [-0.2, -0.15) is 0 Å². The Hall–Kier alpha value is -1.31.